The third-order valence-corrected chi connectivity index (χ3v) is 4.98. The molecule has 0 atom stereocenters. The van der Waals surface area contributed by atoms with Crippen LogP contribution in [0.5, 0.6) is 0 Å². The van der Waals surface area contributed by atoms with Gasteiger partial charge in [-0.25, -0.2) is 4.98 Å². The summed E-state index contributed by atoms with van der Waals surface area (Å²) < 4.78 is 0.760. The number of piperazine rings is 1. The minimum Gasteiger partial charge on any atom is -0.335 e. The molecule has 1 saturated heterocycles. The van der Waals surface area contributed by atoms with Crippen molar-refractivity contribution in [3.63, 3.8) is 0 Å². The molecule has 6 heteroatoms. The van der Waals surface area contributed by atoms with Crippen LogP contribution in [0.2, 0.25) is 0 Å². The zero-order valence-corrected chi connectivity index (χ0v) is 13.9. The van der Waals surface area contributed by atoms with Crippen LogP contribution < -0.4 is 0 Å². The number of pyridine rings is 1. The molecule has 0 unspecified atom stereocenters. The van der Waals surface area contributed by atoms with E-state index in [0.717, 1.165) is 37.2 Å². The first-order valence-electron chi connectivity index (χ1n) is 6.87. The smallest absolute Gasteiger partial charge is 0.273 e. The average molecular weight is 366 g/mol. The van der Waals surface area contributed by atoms with Gasteiger partial charge in [0.1, 0.15) is 5.69 Å². The van der Waals surface area contributed by atoms with Crippen LogP contribution >= 0.6 is 27.3 Å². The van der Waals surface area contributed by atoms with Crippen molar-refractivity contribution in [3.05, 3.63) is 50.9 Å². The van der Waals surface area contributed by atoms with Crippen LogP contribution in [0.3, 0.4) is 0 Å². The minimum absolute atomic E-state index is 0.0117. The number of nitrogens with zero attached hydrogens (tertiary/aromatic N) is 3. The molecule has 0 aromatic carbocycles. The molecule has 1 aliphatic heterocycles. The summed E-state index contributed by atoms with van der Waals surface area (Å²) in [5.74, 6) is 0.0117. The number of hydrogen-bond acceptors (Lipinski definition) is 4. The van der Waals surface area contributed by atoms with E-state index in [4.69, 9.17) is 0 Å². The first-order valence-corrected chi connectivity index (χ1v) is 8.61. The molecule has 2 aromatic rings. The van der Waals surface area contributed by atoms with E-state index in [1.54, 1.807) is 17.5 Å². The second kappa shape index (κ2) is 6.68. The second-order valence-corrected chi connectivity index (χ2v) is 6.67. The summed E-state index contributed by atoms with van der Waals surface area (Å²) in [5.41, 5.74) is 1.86. The van der Waals surface area contributed by atoms with Gasteiger partial charge in [-0.3, -0.25) is 9.69 Å². The van der Waals surface area contributed by atoms with Crippen molar-refractivity contribution in [3.8, 4) is 0 Å². The second-order valence-electron chi connectivity index (χ2n) is 5.03. The summed E-state index contributed by atoms with van der Waals surface area (Å²) in [4.78, 5) is 20.9. The Kier molecular flexibility index (Phi) is 4.67. The Bertz CT molecular complexity index is 609. The molecule has 0 N–H and O–H groups in total. The van der Waals surface area contributed by atoms with Crippen LogP contribution in [0.15, 0.2) is 39.6 Å². The molecule has 1 amide bonds. The lowest BCUT2D eigenvalue weighted by molar-refractivity contribution is 0.0622. The Morgan fingerprint density at radius 2 is 2.10 bits per heavy atom. The summed E-state index contributed by atoms with van der Waals surface area (Å²) in [6, 6.07) is 5.83. The lowest BCUT2D eigenvalue weighted by Crippen LogP contribution is -2.48. The fraction of sp³-hybridized carbons (Fsp3) is 0.333. The molecule has 1 aliphatic rings. The molecular weight excluding hydrogens is 350 g/mol. The van der Waals surface area contributed by atoms with Crippen LogP contribution in [0.1, 0.15) is 16.1 Å². The molecule has 21 heavy (non-hydrogen) atoms. The van der Waals surface area contributed by atoms with Gasteiger partial charge < -0.3 is 4.90 Å². The third kappa shape index (κ3) is 3.51. The Morgan fingerprint density at radius 1 is 1.29 bits per heavy atom. The van der Waals surface area contributed by atoms with Crippen molar-refractivity contribution < 1.29 is 4.79 Å². The van der Waals surface area contributed by atoms with Crippen molar-refractivity contribution >= 4 is 33.2 Å². The fourth-order valence-corrected chi connectivity index (χ4v) is 3.53. The molecule has 110 valence electrons. The van der Waals surface area contributed by atoms with Crippen molar-refractivity contribution in [2.45, 2.75) is 6.54 Å². The highest BCUT2D eigenvalue weighted by Crippen LogP contribution is 2.17. The Hall–Kier alpha value is -1.24. The van der Waals surface area contributed by atoms with E-state index in [1.807, 2.05) is 17.0 Å². The summed E-state index contributed by atoms with van der Waals surface area (Å²) in [7, 11) is 0. The molecule has 0 aliphatic carbocycles. The molecule has 0 radical (unpaired) electrons. The molecule has 2 aromatic heterocycles. The van der Waals surface area contributed by atoms with Gasteiger partial charge >= 0.3 is 0 Å². The minimum atomic E-state index is 0.0117. The summed E-state index contributed by atoms with van der Waals surface area (Å²) in [6.07, 6.45) is 1.66. The van der Waals surface area contributed by atoms with E-state index in [1.165, 1.54) is 5.56 Å². The SMILES string of the molecule is O=C(c1ncccc1Br)N1CCN(Cc2ccsc2)CC1. The maximum absolute atomic E-state index is 12.5. The predicted octanol–water partition coefficient (Wildman–Crippen LogP) is 2.86. The van der Waals surface area contributed by atoms with E-state index >= 15 is 0 Å². The Morgan fingerprint density at radius 3 is 2.76 bits per heavy atom. The Balaban J connectivity index is 1.58. The molecular formula is C15H16BrN3OS. The van der Waals surface area contributed by atoms with E-state index < -0.39 is 0 Å². The summed E-state index contributed by atoms with van der Waals surface area (Å²) in [6.45, 7) is 4.30. The molecule has 1 fully saturated rings. The van der Waals surface area contributed by atoms with Crippen molar-refractivity contribution in [2.24, 2.45) is 0 Å². The highest BCUT2D eigenvalue weighted by atomic mass is 79.9. The number of carbonyl (C=O) groups is 1. The van der Waals surface area contributed by atoms with Crippen LogP contribution in [0, 0.1) is 0 Å². The van der Waals surface area contributed by atoms with Crippen LogP contribution in [0.25, 0.3) is 0 Å². The van der Waals surface area contributed by atoms with E-state index in [0.29, 0.717) is 5.69 Å². The molecule has 0 bridgehead atoms. The molecule has 4 nitrogen and oxygen atoms in total. The van der Waals surface area contributed by atoms with Gasteiger partial charge in [-0.05, 0) is 50.5 Å². The number of aromatic nitrogens is 1. The number of amides is 1. The van der Waals surface area contributed by atoms with E-state index in [2.05, 4.69) is 42.6 Å². The Labute approximate surface area is 136 Å². The zero-order chi connectivity index (χ0) is 14.7. The van der Waals surface area contributed by atoms with Gasteiger partial charge in [-0.15, -0.1) is 0 Å². The maximum atomic E-state index is 12.5. The molecule has 3 rings (SSSR count). The van der Waals surface area contributed by atoms with Gasteiger partial charge in [0.05, 0.1) is 0 Å². The first-order chi connectivity index (χ1) is 10.2. The molecule has 3 heterocycles. The van der Waals surface area contributed by atoms with Crippen molar-refractivity contribution in [1.29, 1.82) is 0 Å². The van der Waals surface area contributed by atoms with Gasteiger partial charge in [0, 0.05) is 43.4 Å². The summed E-state index contributed by atoms with van der Waals surface area (Å²) >= 11 is 5.12. The van der Waals surface area contributed by atoms with Gasteiger partial charge in [-0.1, -0.05) is 0 Å². The normalized spacial score (nSPS) is 16.1. The average Bonchev–Trinajstić information content (AvgIpc) is 3.01. The lowest BCUT2D eigenvalue weighted by atomic mass is 10.2. The third-order valence-electron chi connectivity index (χ3n) is 3.61. The van der Waals surface area contributed by atoms with Crippen molar-refractivity contribution in [2.75, 3.05) is 26.2 Å². The quantitative estimate of drug-likeness (QED) is 0.838. The van der Waals surface area contributed by atoms with Gasteiger partial charge in [0.15, 0.2) is 0 Å². The number of rotatable bonds is 3. The monoisotopic (exact) mass is 365 g/mol. The number of hydrogen-bond donors (Lipinski definition) is 0. The zero-order valence-electron chi connectivity index (χ0n) is 11.5. The number of carbonyl (C=O) groups excluding carboxylic acids is 1. The van der Waals surface area contributed by atoms with Gasteiger partial charge in [0.2, 0.25) is 0 Å². The molecule has 0 spiro atoms. The summed E-state index contributed by atoms with van der Waals surface area (Å²) in [5, 5.41) is 4.29. The predicted molar refractivity (Wildman–Crippen MR) is 87.4 cm³/mol. The standard InChI is InChI=1S/C15H16BrN3OS/c16-13-2-1-4-17-14(13)15(20)19-7-5-18(6-8-19)10-12-3-9-21-11-12/h1-4,9,11H,5-8,10H2. The van der Waals surface area contributed by atoms with E-state index in [-0.39, 0.29) is 5.91 Å². The first kappa shape index (κ1) is 14.7. The largest absolute Gasteiger partial charge is 0.335 e. The van der Waals surface area contributed by atoms with E-state index in [9.17, 15) is 4.79 Å². The van der Waals surface area contributed by atoms with Crippen LogP contribution in [-0.2, 0) is 6.54 Å². The molecule has 0 saturated carbocycles. The number of halogens is 1. The van der Waals surface area contributed by atoms with Crippen molar-refractivity contribution in [1.82, 2.24) is 14.8 Å². The van der Waals surface area contributed by atoms with Crippen LogP contribution in [0.4, 0.5) is 0 Å². The fourth-order valence-electron chi connectivity index (χ4n) is 2.44. The van der Waals surface area contributed by atoms with Crippen LogP contribution in [-0.4, -0.2) is 46.9 Å². The highest BCUT2D eigenvalue weighted by Gasteiger charge is 2.24. The maximum Gasteiger partial charge on any atom is 0.273 e. The topological polar surface area (TPSA) is 36.4 Å². The highest BCUT2D eigenvalue weighted by molar-refractivity contribution is 9.10. The van der Waals surface area contributed by atoms with Gasteiger partial charge in [-0.2, -0.15) is 11.3 Å². The lowest BCUT2D eigenvalue weighted by Gasteiger charge is -2.34. The van der Waals surface area contributed by atoms with Gasteiger partial charge in [0.25, 0.3) is 5.91 Å². The number of thiophene rings is 1.